The molecule has 0 saturated heterocycles. The second-order valence-corrected chi connectivity index (χ2v) is 6.82. The summed E-state index contributed by atoms with van der Waals surface area (Å²) in [5, 5.41) is 2.74. The Kier molecular flexibility index (Phi) is 4.70. The van der Waals surface area contributed by atoms with Crippen molar-refractivity contribution in [3.05, 3.63) is 77.3 Å². The van der Waals surface area contributed by atoms with Crippen LogP contribution in [-0.4, -0.2) is 15.5 Å². The largest absolute Gasteiger partial charge is 0.467 e. The van der Waals surface area contributed by atoms with E-state index in [1.807, 2.05) is 4.57 Å². The van der Waals surface area contributed by atoms with Crippen LogP contribution < -0.4 is 5.32 Å². The van der Waals surface area contributed by atoms with E-state index in [-0.39, 0.29) is 18.4 Å². The Morgan fingerprint density at radius 2 is 2.14 bits per heavy atom. The van der Waals surface area contributed by atoms with Gasteiger partial charge in [-0.1, -0.05) is 18.2 Å². The van der Waals surface area contributed by atoms with Gasteiger partial charge in [0.2, 0.25) is 0 Å². The van der Waals surface area contributed by atoms with E-state index in [1.165, 1.54) is 18.4 Å². The molecule has 1 amide bonds. The summed E-state index contributed by atoms with van der Waals surface area (Å²) in [4.78, 5) is 16.7. The van der Waals surface area contributed by atoms with Gasteiger partial charge in [-0.15, -0.1) is 0 Å². The fourth-order valence-electron chi connectivity index (χ4n) is 3.47. The van der Waals surface area contributed by atoms with Crippen molar-refractivity contribution >= 4 is 5.91 Å². The number of benzene rings is 1. The third kappa shape index (κ3) is 3.81. The number of furan rings is 1. The van der Waals surface area contributed by atoms with Gasteiger partial charge >= 0.3 is 6.18 Å². The first-order valence-corrected chi connectivity index (χ1v) is 8.94. The lowest BCUT2D eigenvalue weighted by Crippen LogP contribution is -2.22. The maximum Gasteiger partial charge on any atom is 0.416 e. The number of rotatable bonds is 4. The predicted molar refractivity (Wildman–Crippen MR) is 94.6 cm³/mol. The van der Waals surface area contributed by atoms with E-state index in [0.717, 1.165) is 11.9 Å². The van der Waals surface area contributed by atoms with Gasteiger partial charge in [0.1, 0.15) is 17.3 Å². The van der Waals surface area contributed by atoms with Crippen LogP contribution in [-0.2, 0) is 25.7 Å². The molecule has 0 saturated carbocycles. The molecule has 1 aliphatic rings. The number of carbonyl (C=O) groups excluding carboxylic acids is 1. The summed E-state index contributed by atoms with van der Waals surface area (Å²) in [6.45, 7) is 0.760. The molecule has 0 radical (unpaired) electrons. The summed E-state index contributed by atoms with van der Waals surface area (Å²) in [6, 6.07) is 8.96. The number of alkyl halides is 3. The van der Waals surface area contributed by atoms with Crippen LogP contribution in [0.2, 0.25) is 0 Å². The first-order chi connectivity index (χ1) is 13.4. The molecule has 1 N–H and O–H groups in total. The number of halogens is 3. The Hall–Kier alpha value is -3.03. The molecule has 0 aliphatic carbocycles. The van der Waals surface area contributed by atoms with Crippen LogP contribution in [0.1, 0.15) is 45.5 Å². The summed E-state index contributed by atoms with van der Waals surface area (Å²) in [5.41, 5.74) is 0.309. The third-order valence-electron chi connectivity index (χ3n) is 4.91. The fraction of sp³-hybridized carbons (Fsp3) is 0.300. The van der Waals surface area contributed by atoms with Crippen molar-refractivity contribution in [2.24, 2.45) is 0 Å². The molecule has 0 spiro atoms. The van der Waals surface area contributed by atoms with Crippen LogP contribution in [0.15, 0.2) is 53.3 Å². The quantitative estimate of drug-likeness (QED) is 0.729. The van der Waals surface area contributed by atoms with E-state index < -0.39 is 11.7 Å². The minimum Gasteiger partial charge on any atom is -0.467 e. The zero-order valence-corrected chi connectivity index (χ0v) is 14.9. The van der Waals surface area contributed by atoms with Crippen LogP contribution in [0.4, 0.5) is 13.2 Å². The van der Waals surface area contributed by atoms with E-state index >= 15 is 0 Å². The predicted octanol–water partition coefficient (Wildman–Crippen LogP) is 4.15. The Labute approximate surface area is 159 Å². The molecule has 0 fully saturated rings. The fourth-order valence-corrected chi connectivity index (χ4v) is 3.47. The number of amides is 1. The second kappa shape index (κ2) is 7.18. The number of hydrogen-bond donors (Lipinski definition) is 1. The topological polar surface area (TPSA) is 60.1 Å². The number of carbonyl (C=O) groups is 1. The molecule has 1 aromatic carbocycles. The number of nitrogens with one attached hydrogen (secondary N) is 1. The van der Waals surface area contributed by atoms with Gasteiger partial charge < -0.3 is 14.3 Å². The Morgan fingerprint density at radius 3 is 2.89 bits per heavy atom. The molecular formula is C20H18F3N3O2. The van der Waals surface area contributed by atoms with Crippen molar-refractivity contribution in [2.45, 2.75) is 38.0 Å². The Bertz CT molecular complexity index is 977. The van der Waals surface area contributed by atoms with Gasteiger partial charge in [-0.2, -0.15) is 13.2 Å². The van der Waals surface area contributed by atoms with Crippen molar-refractivity contribution < 1.29 is 22.4 Å². The lowest BCUT2D eigenvalue weighted by atomic mass is 9.90. The zero-order valence-electron chi connectivity index (χ0n) is 14.9. The summed E-state index contributed by atoms with van der Waals surface area (Å²) in [5.74, 6) is 1.05. The summed E-state index contributed by atoms with van der Waals surface area (Å²) < 4.78 is 46.0. The highest BCUT2D eigenvalue weighted by molar-refractivity contribution is 5.92. The SMILES string of the molecule is O=C(NCc1ccco1)c1cn2c(n1)CCC(c1cccc(C(F)(F)F)c1)C2. The van der Waals surface area contributed by atoms with Crippen molar-refractivity contribution in [2.75, 3.05) is 0 Å². The third-order valence-corrected chi connectivity index (χ3v) is 4.91. The zero-order chi connectivity index (χ0) is 19.7. The molecule has 3 aromatic rings. The highest BCUT2D eigenvalue weighted by Gasteiger charge is 2.31. The lowest BCUT2D eigenvalue weighted by molar-refractivity contribution is -0.137. The van der Waals surface area contributed by atoms with Crippen LogP contribution >= 0.6 is 0 Å². The van der Waals surface area contributed by atoms with Crippen LogP contribution in [0, 0.1) is 0 Å². The van der Waals surface area contributed by atoms with Crippen molar-refractivity contribution in [3.63, 3.8) is 0 Å². The average Bonchev–Trinajstić information content (AvgIpc) is 3.34. The molecule has 1 unspecified atom stereocenters. The van der Waals surface area contributed by atoms with Gasteiger partial charge in [0.25, 0.3) is 5.91 Å². The Morgan fingerprint density at radius 1 is 1.29 bits per heavy atom. The highest BCUT2D eigenvalue weighted by Crippen LogP contribution is 2.34. The maximum absolute atomic E-state index is 13.0. The number of nitrogens with zero attached hydrogens (tertiary/aromatic N) is 2. The number of fused-ring (bicyclic) bond motifs is 1. The van der Waals surface area contributed by atoms with E-state index in [1.54, 1.807) is 24.4 Å². The van der Waals surface area contributed by atoms with E-state index in [0.29, 0.717) is 36.4 Å². The average molecular weight is 389 g/mol. The van der Waals surface area contributed by atoms with Gasteiger partial charge in [0.15, 0.2) is 0 Å². The summed E-state index contributed by atoms with van der Waals surface area (Å²) >= 11 is 0. The van der Waals surface area contributed by atoms with Crippen molar-refractivity contribution in [1.29, 1.82) is 0 Å². The van der Waals surface area contributed by atoms with E-state index in [2.05, 4.69) is 10.3 Å². The molecule has 3 heterocycles. The minimum atomic E-state index is -4.36. The molecular weight excluding hydrogens is 371 g/mol. The van der Waals surface area contributed by atoms with Gasteiger partial charge in [-0.25, -0.2) is 4.98 Å². The molecule has 28 heavy (non-hydrogen) atoms. The van der Waals surface area contributed by atoms with Crippen molar-refractivity contribution in [3.8, 4) is 0 Å². The standard InChI is InChI=1S/C20H18F3N3O2/c21-20(22,23)15-4-1-3-13(9-15)14-6-7-18-25-17(12-26(18)11-14)19(27)24-10-16-5-2-8-28-16/h1-5,8-9,12,14H,6-7,10-11H2,(H,24,27). The van der Waals surface area contributed by atoms with E-state index in [4.69, 9.17) is 4.42 Å². The number of hydrogen-bond acceptors (Lipinski definition) is 3. The first-order valence-electron chi connectivity index (χ1n) is 8.94. The van der Waals surface area contributed by atoms with Gasteiger partial charge in [-0.3, -0.25) is 4.79 Å². The molecule has 2 aromatic heterocycles. The van der Waals surface area contributed by atoms with E-state index in [9.17, 15) is 18.0 Å². The normalized spacial score (nSPS) is 16.6. The lowest BCUT2D eigenvalue weighted by Gasteiger charge is -2.24. The van der Waals surface area contributed by atoms with Gasteiger partial charge in [0, 0.05) is 25.1 Å². The van der Waals surface area contributed by atoms with Crippen molar-refractivity contribution in [1.82, 2.24) is 14.9 Å². The molecule has 5 nitrogen and oxygen atoms in total. The van der Waals surface area contributed by atoms with Crippen LogP contribution in [0.5, 0.6) is 0 Å². The molecule has 146 valence electrons. The molecule has 1 aliphatic heterocycles. The number of aromatic nitrogens is 2. The summed E-state index contributed by atoms with van der Waals surface area (Å²) in [6.07, 6.45) is 0.125. The minimum absolute atomic E-state index is 0.0528. The Balaban J connectivity index is 1.47. The molecule has 0 bridgehead atoms. The first kappa shape index (κ1) is 18.3. The maximum atomic E-state index is 13.0. The molecule has 4 rings (SSSR count). The monoisotopic (exact) mass is 389 g/mol. The van der Waals surface area contributed by atoms with Crippen LogP contribution in [0.3, 0.4) is 0 Å². The molecule has 8 heteroatoms. The van der Waals surface area contributed by atoms with Crippen LogP contribution in [0.25, 0.3) is 0 Å². The number of aryl methyl sites for hydroxylation is 1. The smallest absolute Gasteiger partial charge is 0.416 e. The highest BCUT2D eigenvalue weighted by atomic mass is 19.4. The van der Waals surface area contributed by atoms with Gasteiger partial charge in [0.05, 0.1) is 18.4 Å². The number of imidazole rings is 1. The second-order valence-electron chi connectivity index (χ2n) is 6.82. The molecule has 1 atom stereocenters. The summed E-state index contributed by atoms with van der Waals surface area (Å²) in [7, 11) is 0. The van der Waals surface area contributed by atoms with Gasteiger partial charge in [-0.05, 0) is 30.2 Å².